The van der Waals surface area contributed by atoms with E-state index in [2.05, 4.69) is 10.1 Å². The smallest absolute Gasteiger partial charge is 0.264 e. The first-order valence-electron chi connectivity index (χ1n) is 6.02. The van der Waals surface area contributed by atoms with Gasteiger partial charge in [-0.3, -0.25) is 0 Å². The molecule has 2 N–H and O–H groups in total. The minimum absolute atomic E-state index is 0.212. The molecule has 0 saturated carbocycles. The molecule has 0 bridgehead atoms. The summed E-state index contributed by atoms with van der Waals surface area (Å²) in [7, 11) is 1.60. The lowest BCUT2D eigenvalue weighted by atomic mass is 10.1. The summed E-state index contributed by atoms with van der Waals surface area (Å²) in [4.78, 5) is 4.08. The van der Waals surface area contributed by atoms with Gasteiger partial charge in [-0.1, -0.05) is 11.2 Å². The minimum Gasteiger partial charge on any atom is -0.493 e. The van der Waals surface area contributed by atoms with Gasteiger partial charge < -0.3 is 19.7 Å². The van der Waals surface area contributed by atoms with Crippen molar-refractivity contribution in [2.24, 2.45) is 5.73 Å². The Kier molecular flexibility index (Phi) is 4.35. The molecule has 0 radical (unpaired) electrons. The average molecular weight is 263 g/mol. The topological polar surface area (TPSA) is 83.4 Å². The van der Waals surface area contributed by atoms with Gasteiger partial charge >= 0.3 is 0 Å². The number of methoxy groups -OCH3 is 1. The number of hydrogen-bond acceptors (Lipinski definition) is 6. The van der Waals surface area contributed by atoms with E-state index in [1.165, 1.54) is 0 Å². The molecule has 19 heavy (non-hydrogen) atoms. The second kappa shape index (κ2) is 6.19. The highest BCUT2D eigenvalue weighted by atomic mass is 16.5. The van der Waals surface area contributed by atoms with Gasteiger partial charge in [0.15, 0.2) is 23.9 Å². The Balaban J connectivity index is 2.10. The first-order chi connectivity index (χ1) is 9.22. The molecule has 0 fully saturated rings. The molecule has 1 aromatic carbocycles. The monoisotopic (exact) mass is 263 g/mol. The molecule has 0 spiro atoms. The number of hydrogen-bond donors (Lipinski definition) is 1. The second-order valence-corrected chi connectivity index (χ2v) is 4.05. The number of ether oxygens (including phenoxy) is 2. The van der Waals surface area contributed by atoms with Crippen molar-refractivity contribution in [3.8, 4) is 11.5 Å². The summed E-state index contributed by atoms with van der Waals surface area (Å²) in [5.41, 5.74) is 6.64. The molecule has 2 aromatic rings. The molecule has 0 aliphatic rings. The van der Waals surface area contributed by atoms with Gasteiger partial charge in [0, 0.05) is 0 Å². The van der Waals surface area contributed by atoms with Crippen LogP contribution in [0, 0.1) is 6.92 Å². The summed E-state index contributed by atoms with van der Waals surface area (Å²) in [6.45, 7) is 2.56. The van der Waals surface area contributed by atoms with E-state index in [1.807, 2.05) is 18.2 Å². The maximum absolute atomic E-state index is 5.65. The number of benzene rings is 1. The fraction of sp³-hybridized carbons (Fsp3) is 0.385. The van der Waals surface area contributed by atoms with Crippen LogP contribution in [0.2, 0.25) is 0 Å². The van der Waals surface area contributed by atoms with E-state index < -0.39 is 0 Å². The molecular weight excluding hydrogens is 246 g/mol. The Morgan fingerprint density at radius 2 is 2.16 bits per heavy atom. The molecule has 0 atom stereocenters. The van der Waals surface area contributed by atoms with Gasteiger partial charge in [-0.25, -0.2) is 0 Å². The maximum atomic E-state index is 5.65. The fourth-order valence-corrected chi connectivity index (χ4v) is 1.69. The first kappa shape index (κ1) is 13.4. The van der Waals surface area contributed by atoms with Crippen LogP contribution in [0.25, 0.3) is 0 Å². The Bertz CT molecular complexity index is 540. The molecule has 102 valence electrons. The van der Waals surface area contributed by atoms with Crippen LogP contribution in [0.1, 0.15) is 17.3 Å². The SMILES string of the molecule is COc1ccc(CCN)cc1OCc1nc(C)no1. The van der Waals surface area contributed by atoms with Gasteiger partial charge in [-0.2, -0.15) is 4.98 Å². The normalized spacial score (nSPS) is 10.5. The van der Waals surface area contributed by atoms with Gasteiger partial charge in [-0.05, 0) is 37.6 Å². The Morgan fingerprint density at radius 3 is 2.79 bits per heavy atom. The van der Waals surface area contributed by atoms with E-state index in [4.69, 9.17) is 19.7 Å². The van der Waals surface area contributed by atoms with Crippen LogP contribution < -0.4 is 15.2 Å². The highest BCUT2D eigenvalue weighted by Crippen LogP contribution is 2.28. The van der Waals surface area contributed by atoms with Crippen LogP contribution in [-0.4, -0.2) is 23.8 Å². The Hall–Kier alpha value is -2.08. The van der Waals surface area contributed by atoms with Crippen LogP contribution in [0.5, 0.6) is 11.5 Å². The van der Waals surface area contributed by atoms with Gasteiger partial charge in [0.2, 0.25) is 0 Å². The minimum atomic E-state index is 0.212. The third kappa shape index (κ3) is 3.45. The summed E-state index contributed by atoms with van der Waals surface area (Å²) in [5.74, 6) is 2.33. The number of nitrogens with zero attached hydrogens (tertiary/aromatic N) is 2. The van der Waals surface area contributed by atoms with Crippen LogP contribution in [0.4, 0.5) is 0 Å². The van der Waals surface area contributed by atoms with Crippen molar-refractivity contribution in [3.63, 3.8) is 0 Å². The van der Waals surface area contributed by atoms with E-state index in [-0.39, 0.29) is 6.61 Å². The summed E-state index contributed by atoms with van der Waals surface area (Å²) >= 11 is 0. The van der Waals surface area contributed by atoms with Gasteiger partial charge in [0.25, 0.3) is 5.89 Å². The van der Waals surface area contributed by atoms with Crippen LogP contribution >= 0.6 is 0 Å². The zero-order valence-electron chi connectivity index (χ0n) is 11.0. The van der Waals surface area contributed by atoms with E-state index in [9.17, 15) is 0 Å². The third-order valence-electron chi connectivity index (χ3n) is 2.58. The predicted octanol–water partition coefficient (Wildman–Crippen LogP) is 1.47. The highest BCUT2D eigenvalue weighted by Gasteiger charge is 2.09. The Morgan fingerprint density at radius 1 is 1.32 bits per heavy atom. The molecule has 2 rings (SSSR count). The van der Waals surface area contributed by atoms with E-state index in [1.54, 1.807) is 14.0 Å². The van der Waals surface area contributed by atoms with Crippen molar-refractivity contribution in [1.29, 1.82) is 0 Å². The van der Waals surface area contributed by atoms with Gasteiger partial charge in [-0.15, -0.1) is 0 Å². The first-order valence-corrected chi connectivity index (χ1v) is 6.02. The summed E-state index contributed by atoms with van der Waals surface area (Å²) < 4.78 is 15.9. The van der Waals surface area contributed by atoms with Gasteiger partial charge in [0.1, 0.15) is 0 Å². The summed E-state index contributed by atoms with van der Waals surface area (Å²) in [6, 6.07) is 5.74. The molecule has 1 aromatic heterocycles. The second-order valence-electron chi connectivity index (χ2n) is 4.05. The molecular formula is C13H17N3O3. The summed E-state index contributed by atoms with van der Waals surface area (Å²) in [6.07, 6.45) is 0.792. The number of aryl methyl sites for hydroxylation is 1. The zero-order chi connectivity index (χ0) is 13.7. The van der Waals surface area contributed by atoms with E-state index in [0.29, 0.717) is 29.8 Å². The zero-order valence-corrected chi connectivity index (χ0v) is 11.0. The molecule has 0 aliphatic carbocycles. The van der Waals surface area contributed by atoms with Crippen molar-refractivity contribution in [1.82, 2.24) is 10.1 Å². The molecule has 0 unspecified atom stereocenters. The average Bonchev–Trinajstić information content (AvgIpc) is 2.83. The lowest BCUT2D eigenvalue weighted by Crippen LogP contribution is -2.04. The lowest BCUT2D eigenvalue weighted by molar-refractivity contribution is 0.233. The van der Waals surface area contributed by atoms with Crippen LogP contribution in [0.3, 0.4) is 0 Å². The van der Waals surface area contributed by atoms with Crippen molar-refractivity contribution in [2.75, 3.05) is 13.7 Å². The molecule has 6 nitrogen and oxygen atoms in total. The molecule has 0 aliphatic heterocycles. The van der Waals surface area contributed by atoms with E-state index >= 15 is 0 Å². The Labute approximate surface area is 111 Å². The molecule has 1 heterocycles. The third-order valence-corrected chi connectivity index (χ3v) is 2.58. The summed E-state index contributed by atoms with van der Waals surface area (Å²) in [5, 5.41) is 3.70. The van der Waals surface area contributed by atoms with Crippen molar-refractivity contribution < 1.29 is 14.0 Å². The number of nitrogens with two attached hydrogens (primary N) is 1. The molecule has 0 amide bonds. The van der Waals surface area contributed by atoms with Crippen LogP contribution in [-0.2, 0) is 13.0 Å². The van der Waals surface area contributed by atoms with Crippen molar-refractivity contribution >= 4 is 0 Å². The highest BCUT2D eigenvalue weighted by molar-refractivity contribution is 5.43. The van der Waals surface area contributed by atoms with Crippen molar-refractivity contribution in [3.05, 3.63) is 35.5 Å². The van der Waals surface area contributed by atoms with E-state index in [0.717, 1.165) is 12.0 Å². The largest absolute Gasteiger partial charge is 0.493 e. The number of rotatable bonds is 6. The van der Waals surface area contributed by atoms with Gasteiger partial charge in [0.05, 0.1) is 7.11 Å². The van der Waals surface area contributed by atoms with Crippen LogP contribution in [0.15, 0.2) is 22.7 Å². The maximum Gasteiger partial charge on any atom is 0.264 e. The molecule has 0 saturated heterocycles. The number of aromatic nitrogens is 2. The quantitative estimate of drug-likeness (QED) is 0.849. The standard InChI is InChI=1S/C13H17N3O3/c1-9-15-13(19-16-9)8-18-12-7-10(5-6-14)3-4-11(12)17-2/h3-4,7H,5-6,8,14H2,1-2H3. The van der Waals surface area contributed by atoms with Crippen molar-refractivity contribution in [2.45, 2.75) is 20.0 Å². The molecule has 6 heteroatoms. The fourth-order valence-electron chi connectivity index (χ4n) is 1.69. The predicted molar refractivity (Wildman–Crippen MR) is 69.1 cm³/mol. The lowest BCUT2D eigenvalue weighted by Gasteiger charge is -2.10.